The number of nitrogens with one attached hydrogen (secondary N) is 2. The number of piperidine rings is 1. The summed E-state index contributed by atoms with van der Waals surface area (Å²) in [6.45, 7) is 7.68. The van der Waals surface area contributed by atoms with Crippen LogP contribution in [0.5, 0.6) is 0 Å². The molecule has 5 amide bonds. The second kappa shape index (κ2) is 13.2. The maximum Gasteiger partial charge on any atom is 0.410 e. The molecule has 2 saturated heterocycles. The van der Waals surface area contributed by atoms with E-state index < -0.39 is 29.6 Å². The van der Waals surface area contributed by atoms with E-state index in [1.165, 1.54) is 9.80 Å². The van der Waals surface area contributed by atoms with E-state index in [0.717, 1.165) is 0 Å². The van der Waals surface area contributed by atoms with Gasteiger partial charge in [-0.25, -0.2) is 4.79 Å². The molecule has 15 heteroatoms. The molecule has 4 rings (SSSR count). The first kappa shape index (κ1) is 30.8. The van der Waals surface area contributed by atoms with Crippen LogP contribution >= 0.6 is 0 Å². The highest BCUT2D eigenvalue weighted by atomic mass is 16.6. The van der Waals surface area contributed by atoms with Crippen molar-refractivity contribution in [3.63, 3.8) is 0 Å². The van der Waals surface area contributed by atoms with Crippen LogP contribution in [-0.4, -0.2) is 108 Å². The quantitative estimate of drug-likeness (QED) is 0.129. The van der Waals surface area contributed by atoms with Crippen molar-refractivity contribution in [2.75, 3.05) is 51.3 Å². The van der Waals surface area contributed by atoms with Crippen LogP contribution in [0.1, 0.15) is 49.5 Å². The average Bonchev–Trinajstić information content (AvgIpc) is 3.22. The van der Waals surface area contributed by atoms with E-state index in [1.807, 2.05) is 0 Å². The number of benzene rings is 1. The molecule has 1 aromatic carbocycles. The largest absolute Gasteiger partial charge is 0.444 e. The summed E-state index contributed by atoms with van der Waals surface area (Å²) in [4.78, 5) is 70.6. The predicted molar refractivity (Wildman–Crippen MR) is 149 cm³/mol. The Kier molecular flexibility index (Phi) is 9.66. The number of nitrogens with zero attached hydrogens (tertiary/aromatic N) is 6. The third-order valence-corrected chi connectivity index (χ3v) is 7.05. The molecule has 0 aliphatic carbocycles. The van der Waals surface area contributed by atoms with E-state index in [9.17, 15) is 24.0 Å². The van der Waals surface area contributed by atoms with Crippen LogP contribution < -0.4 is 10.6 Å². The number of fused-ring (bicyclic) bond motifs is 1. The standard InChI is InChI=1S/C27H36N8O7/c1-27(2,3)42-26(40)34(10-12-41-11-9-33-13-17(14-33)31-32-28)16-23(37)29-20-6-4-5-18-19(20)15-35(25(18)39)21-7-8-22(36)30-24(21)38/h4-6,17,21H,7-16H2,1-3H3,(H,29,37)(H,30,36,38). The van der Waals surface area contributed by atoms with E-state index in [2.05, 4.69) is 25.6 Å². The molecule has 3 aliphatic rings. The molecule has 0 aromatic heterocycles. The number of likely N-dealkylation sites (tertiary alicyclic amines) is 1. The Morgan fingerprint density at radius 3 is 2.67 bits per heavy atom. The molecule has 3 heterocycles. The normalized spacial score (nSPS) is 19.0. The highest BCUT2D eigenvalue weighted by Crippen LogP contribution is 2.32. The summed E-state index contributed by atoms with van der Waals surface area (Å²) in [6, 6.07) is 4.12. The van der Waals surface area contributed by atoms with Crippen LogP contribution in [0.3, 0.4) is 0 Å². The number of ether oxygens (including phenoxy) is 2. The predicted octanol–water partition coefficient (Wildman–Crippen LogP) is 1.63. The zero-order chi connectivity index (χ0) is 30.4. The summed E-state index contributed by atoms with van der Waals surface area (Å²) >= 11 is 0. The molecule has 0 bridgehead atoms. The third kappa shape index (κ3) is 7.75. The first-order valence-corrected chi connectivity index (χ1v) is 13.8. The fourth-order valence-electron chi connectivity index (χ4n) is 4.97. The monoisotopic (exact) mass is 584 g/mol. The summed E-state index contributed by atoms with van der Waals surface area (Å²) in [6.07, 6.45) is -0.299. The number of anilines is 1. The molecule has 0 spiro atoms. The molecule has 2 fully saturated rings. The Bertz CT molecular complexity index is 1280. The molecule has 0 saturated carbocycles. The zero-order valence-corrected chi connectivity index (χ0v) is 24.0. The first-order valence-electron chi connectivity index (χ1n) is 13.8. The molecule has 226 valence electrons. The fourth-order valence-corrected chi connectivity index (χ4v) is 4.97. The van der Waals surface area contributed by atoms with Gasteiger partial charge in [-0.2, -0.15) is 0 Å². The van der Waals surface area contributed by atoms with E-state index in [4.69, 9.17) is 15.0 Å². The molecule has 2 N–H and O–H groups in total. The topological polar surface area (TPSA) is 186 Å². The Balaban J connectivity index is 1.34. The molecular formula is C27H36N8O7. The average molecular weight is 585 g/mol. The van der Waals surface area contributed by atoms with Crippen LogP contribution in [0.2, 0.25) is 0 Å². The van der Waals surface area contributed by atoms with Crippen molar-refractivity contribution in [3.8, 4) is 0 Å². The van der Waals surface area contributed by atoms with Crippen LogP contribution in [0, 0.1) is 0 Å². The number of azide groups is 1. The van der Waals surface area contributed by atoms with Crippen molar-refractivity contribution >= 4 is 35.4 Å². The minimum Gasteiger partial charge on any atom is -0.444 e. The van der Waals surface area contributed by atoms with Crippen LogP contribution in [0.15, 0.2) is 23.3 Å². The molecule has 1 aromatic rings. The van der Waals surface area contributed by atoms with Crippen LogP contribution in [-0.2, 0) is 30.4 Å². The summed E-state index contributed by atoms with van der Waals surface area (Å²) in [7, 11) is 0. The van der Waals surface area contributed by atoms with Gasteiger partial charge in [0.05, 0.1) is 19.3 Å². The number of hydrogen-bond donors (Lipinski definition) is 2. The second-order valence-corrected chi connectivity index (χ2v) is 11.4. The molecule has 15 nitrogen and oxygen atoms in total. The van der Waals surface area contributed by atoms with Crippen molar-refractivity contribution in [3.05, 3.63) is 39.8 Å². The minimum absolute atomic E-state index is 0.0133. The van der Waals surface area contributed by atoms with Crippen molar-refractivity contribution in [1.29, 1.82) is 0 Å². The Morgan fingerprint density at radius 1 is 1.21 bits per heavy atom. The Labute approximate surface area is 243 Å². The summed E-state index contributed by atoms with van der Waals surface area (Å²) < 4.78 is 11.2. The van der Waals surface area contributed by atoms with Crippen LogP contribution in [0.4, 0.5) is 10.5 Å². The highest BCUT2D eigenvalue weighted by Gasteiger charge is 2.40. The number of carbonyl (C=O) groups is 5. The molecule has 0 radical (unpaired) electrons. The van der Waals surface area contributed by atoms with Crippen molar-refractivity contribution < 1.29 is 33.4 Å². The van der Waals surface area contributed by atoms with Gasteiger partial charge >= 0.3 is 6.09 Å². The van der Waals surface area contributed by atoms with Crippen LogP contribution in [0.25, 0.3) is 10.4 Å². The van der Waals surface area contributed by atoms with E-state index >= 15 is 0 Å². The van der Waals surface area contributed by atoms with Gasteiger partial charge in [0.15, 0.2) is 0 Å². The minimum atomic E-state index is -0.776. The molecule has 1 atom stereocenters. The van der Waals surface area contributed by atoms with E-state index in [0.29, 0.717) is 43.1 Å². The van der Waals surface area contributed by atoms with Gasteiger partial charge in [-0.05, 0) is 44.9 Å². The Morgan fingerprint density at radius 2 is 1.98 bits per heavy atom. The molecular weight excluding hydrogens is 548 g/mol. The van der Waals surface area contributed by atoms with Gasteiger partial charge in [-0.1, -0.05) is 11.2 Å². The number of rotatable bonds is 11. The lowest BCUT2D eigenvalue weighted by Crippen LogP contribution is -2.52. The van der Waals surface area contributed by atoms with Crippen molar-refractivity contribution in [2.24, 2.45) is 5.11 Å². The molecule has 42 heavy (non-hydrogen) atoms. The maximum absolute atomic E-state index is 13.1. The SMILES string of the molecule is CC(C)(C)OC(=O)N(CCOCCN1CC(N=[N+]=[N-])C1)CC(=O)Nc1cccc2c1CN(C1CCC(=O)NC1=O)C2=O. The van der Waals surface area contributed by atoms with Crippen molar-refractivity contribution in [1.82, 2.24) is 20.0 Å². The lowest BCUT2D eigenvalue weighted by Gasteiger charge is -2.36. The summed E-state index contributed by atoms with van der Waals surface area (Å²) in [5.74, 6) is -1.74. The smallest absolute Gasteiger partial charge is 0.410 e. The fraction of sp³-hybridized carbons (Fsp3) is 0.593. The zero-order valence-electron chi connectivity index (χ0n) is 24.0. The lowest BCUT2D eigenvalue weighted by atomic mass is 10.0. The van der Waals surface area contributed by atoms with Gasteiger partial charge < -0.3 is 24.6 Å². The maximum atomic E-state index is 13.1. The molecule has 3 aliphatic heterocycles. The number of carbonyl (C=O) groups excluding carboxylic acids is 5. The van der Waals surface area contributed by atoms with Gasteiger partial charge in [-0.15, -0.1) is 0 Å². The van der Waals surface area contributed by atoms with Gasteiger partial charge in [0, 0.05) is 60.9 Å². The molecule has 1 unspecified atom stereocenters. The second-order valence-electron chi connectivity index (χ2n) is 11.4. The number of hydrogen-bond acceptors (Lipinski definition) is 9. The number of imide groups is 1. The highest BCUT2D eigenvalue weighted by molar-refractivity contribution is 6.07. The summed E-state index contributed by atoms with van der Waals surface area (Å²) in [5.41, 5.74) is 9.03. The van der Waals surface area contributed by atoms with E-state index in [-0.39, 0.29) is 56.9 Å². The van der Waals surface area contributed by atoms with Gasteiger partial charge in [0.2, 0.25) is 17.7 Å². The Hall–Kier alpha value is -4.20. The van der Waals surface area contributed by atoms with E-state index in [1.54, 1.807) is 39.0 Å². The van der Waals surface area contributed by atoms with Crippen molar-refractivity contribution in [2.45, 2.75) is 57.8 Å². The first-order chi connectivity index (χ1) is 19.9. The van der Waals surface area contributed by atoms with Gasteiger partial charge in [0.1, 0.15) is 18.2 Å². The third-order valence-electron chi connectivity index (χ3n) is 7.05. The number of amides is 5. The van der Waals surface area contributed by atoms with Gasteiger partial charge in [-0.3, -0.25) is 29.4 Å². The summed E-state index contributed by atoms with van der Waals surface area (Å²) in [5, 5.41) is 8.73. The van der Waals surface area contributed by atoms with Gasteiger partial charge in [0.25, 0.3) is 5.91 Å². The lowest BCUT2D eigenvalue weighted by molar-refractivity contribution is -0.137.